The molecule has 2 aromatic carbocycles. The molecule has 34 heavy (non-hydrogen) atoms. The number of alkyl halides is 3. The Morgan fingerprint density at radius 2 is 1.50 bits per heavy atom. The Balaban J connectivity index is 2.24. The zero-order chi connectivity index (χ0) is 25.3. The minimum absolute atomic E-state index is 0.0603. The fourth-order valence-corrected chi connectivity index (χ4v) is 2.81. The van der Waals surface area contributed by atoms with Crippen molar-refractivity contribution in [2.75, 3.05) is 25.1 Å². The molecule has 0 heterocycles. The van der Waals surface area contributed by atoms with Gasteiger partial charge in [-0.3, -0.25) is 9.59 Å². The summed E-state index contributed by atoms with van der Waals surface area (Å²) in [5.74, 6) is -1.58. The van der Waals surface area contributed by atoms with E-state index in [1.165, 1.54) is 30.3 Å². The van der Waals surface area contributed by atoms with Crippen molar-refractivity contribution in [1.82, 2.24) is 5.43 Å². The normalized spacial score (nSPS) is 11.6. The van der Waals surface area contributed by atoms with Crippen LogP contribution in [-0.4, -0.2) is 43.5 Å². The van der Waals surface area contributed by atoms with Crippen molar-refractivity contribution in [2.24, 2.45) is 5.10 Å². The average Bonchev–Trinajstić information content (AvgIpc) is 2.79. The van der Waals surface area contributed by atoms with Gasteiger partial charge in [0.15, 0.2) is 11.5 Å². The molecule has 2 N–H and O–H groups in total. The molecule has 0 fully saturated rings. The molecule has 0 aromatic heterocycles. The van der Waals surface area contributed by atoms with Crippen LogP contribution in [0.5, 0.6) is 17.2 Å². The Hall–Kier alpha value is -3.76. The van der Waals surface area contributed by atoms with Gasteiger partial charge < -0.3 is 19.5 Å². The van der Waals surface area contributed by atoms with Gasteiger partial charge in [0.1, 0.15) is 0 Å². The van der Waals surface area contributed by atoms with Crippen LogP contribution >= 0.6 is 0 Å². The molecule has 0 atom stereocenters. The van der Waals surface area contributed by atoms with E-state index >= 15 is 0 Å². The Bertz CT molecular complexity index is 1030. The second-order valence-corrected chi connectivity index (χ2v) is 6.77. The van der Waals surface area contributed by atoms with Gasteiger partial charge in [-0.15, -0.1) is 0 Å². The predicted octanol–water partition coefficient (Wildman–Crippen LogP) is 4.54. The molecule has 2 amide bonds. The number of carbonyl (C=O) groups excluding carboxylic acids is 2. The fraction of sp³-hybridized carbons (Fsp3) is 0.348. The number of anilines is 1. The summed E-state index contributed by atoms with van der Waals surface area (Å²) in [5.41, 5.74) is 3.25. The lowest BCUT2D eigenvalue weighted by Crippen LogP contribution is -2.29. The number of carbonyl (C=O) groups is 2. The number of hydrogen-bond acceptors (Lipinski definition) is 6. The number of amides is 2. The molecule has 2 aromatic rings. The highest BCUT2D eigenvalue weighted by Gasteiger charge is 2.38. The van der Waals surface area contributed by atoms with Gasteiger partial charge >= 0.3 is 12.1 Å². The van der Waals surface area contributed by atoms with Crippen LogP contribution in [0.15, 0.2) is 41.5 Å². The monoisotopic (exact) mass is 481 g/mol. The van der Waals surface area contributed by atoms with Crippen LogP contribution < -0.4 is 25.0 Å². The van der Waals surface area contributed by atoms with Crippen LogP contribution in [0.3, 0.4) is 0 Å². The summed E-state index contributed by atoms with van der Waals surface area (Å²) in [4.78, 5) is 23.9. The lowest BCUT2D eigenvalue weighted by molar-refractivity contribution is -0.167. The van der Waals surface area contributed by atoms with Gasteiger partial charge in [-0.1, -0.05) is 12.1 Å². The first-order valence-electron chi connectivity index (χ1n) is 10.5. The van der Waals surface area contributed by atoms with Crippen LogP contribution in [0, 0.1) is 0 Å². The Kier molecular flexibility index (Phi) is 9.28. The van der Waals surface area contributed by atoms with E-state index in [-0.39, 0.29) is 11.3 Å². The average molecular weight is 481 g/mol. The van der Waals surface area contributed by atoms with Crippen LogP contribution in [0.1, 0.15) is 43.6 Å². The lowest BCUT2D eigenvalue weighted by Gasteiger charge is -2.16. The topological polar surface area (TPSA) is 98.2 Å². The second kappa shape index (κ2) is 11.9. The molecule has 184 valence electrons. The van der Waals surface area contributed by atoms with Crippen LogP contribution in [-0.2, 0) is 4.79 Å². The molecule has 0 saturated carbocycles. The zero-order valence-corrected chi connectivity index (χ0v) is 19.2. The number of ether oxygens (including phenoxy) is 3. The maximum atomic E-state index is 12.7. The van der Waals surface area contributed by atoms with Crippen LogP contribution in [0.25, 0.3) is 0 Å². The number of halogens is 3. The minimum atomic E-state index is -5.01. The first-order valence-corrected chi connectivity index (χ1v) is 10.5. The Morgan fingerprint density at radius 1 is 0.912 bits per heavy atom. The van der Waals surface area contributed by atoms with Crippen molar-refractivity contribution in [3.8, 4) is 17.2 Å². The van der Waals surface area contributed by atoms with E-state index in [4.69, 9.17) is 14.2 Å². The molecule has 2 rings (SSSR count). The van der Waals surface area contributed by atoms with Crippen molar-refractivity contribution in [3.63, 3.8) is 0 Å². The SMILES string of the molecule is CCOc1cc(C(=O)N/N=C(/C)c2cccc(NC(=O)C(F)(F)F)c2)cc(OCC)c1OCC. The molecule has 0 aliphatic carbocycles. The second-order valence-electron chi connectivity index (χ2n) is 6.77. The third kappa shape index (κ3) is 7.12. The summed E-state index contributed by atoms with van der Waals surface area (Å²) in [6, 6.07) is 8.66. The number of hydrogen-bond donors (Lipinski definition) is 2. The zero-order valence-electron chi connectivity index (χ0n) is 19.2. The summed E-state index contributed by atoms with van der Waals surface area (Å²) in [6.45, 7) is 8.01. The van der Waals surface area contributed by atoms with E-state index in [1.54, 1.807) is 32.2 Å². The van der Waals surface area contributed by atoms with E-state index in [1.807, 2.05) is 6.92 Å². The van der Waals surface area contributed by atoms with Gasteiger partial charge in [-0.25, -0.2) is 5.43 Å². The molecule has 0 spiro atoms. The number of benzene rings is 2. The number of hydrazone groups is 1. The van der Waals surface area contributed by atoms with Gasteiger partial charge in [0.05, 0.1) is 25.5 Å². The lowest BCUT2D eigenvalue weighted by atomic mass is 10.1. The maximum absolute atomic E-state index is 12.7. The minimum Gasteiger partial charge on any atom is -0.490 e. The van der Waals surface area contributed by atoms with Gasteiger partial charge in [0.25, 0.3) is 5.91 Å². The number of nitrogens with one attached hydrogen (secondary N) is 2. The van der Waals surface area contributed by atoms with Crippen molar-refractivity contribution < 1.29 is 37.0 Å². The summed E-state index contributed by atoms with van der Waals surface area (Å²) >= 11 is 0. The first kappa shape index (κ1) is 26.5. The number of nitrogens with zero attached hydrogens (tertiary/aromatic N) is 1. The summed E-state index contributed by atoms with van der Waals surface area (Å²) in [6.07, 6.45) is -5.01. The van der Waals surface area contributed by atoms with E-state index in [2.05, 4.69) is 10.5 Å². The molecule has 0 aliphatic heterocycles. The van der Waals surface area contributed by atoms with E-state index in [9.17, 15) is 22.8 Å². The molecule has 0 bridgehead atoms. The molecule has 0 aliphatic rings. The Labute approximate surface area is 195 Å². The van der Waals surface area contributed by atoms with Crippen LogP contribution in [0.4, 0.5) is 18.9 Å². The largest absolute Gasteiger partial charge is 0.490 e. The predicted molar refractivity (Wildman–Crippen MR) is 121 cm³/mol. The Morgan fingerprint density at radius 3 is 2.03 bits per heavy atom. The highest BCUT2D eigenvalue weighted by atomic mass is 19.4. The molecule has 0 unspecified atom stereocenters. The fourth-order valence-electron chi connectivity index (χ4n) is 2.81. The molecule has 11 heteroatoms. The molecule has 0 saturated heterocycles. The quantitative estimate of drug-likeness (QED) is 0.384. The van der Waals surface area contributed by atoms with E-state index in [0.29, 0.717) is 48.3 Å². The van der Waals surface area contributed by atoms with Gasteiger partial charge in [-0.2, -0.15) is 18.3 Å². The van der Waals surface area contributed by atoms with Crippen molar-refractivity contribution >= 4 is 23.2 Å². The van der Waals surface area contributed by atoms with Crippen molar-refractivity contribution in [3.05, 3.63) is 47.5 Å². The highest BCUT2D eigenvalue weighted by Crippen LogP contribution is 2.39. The summed E-state index contributed by atoms with van der Waals surface area (Å²) in [7, 11) is 0. The van der Waals surface area contributed by atoms with Gasteiger partial charge in [0, 0.05) is 11.3 Å². The molecule has 0 radical (unpaired) electrons. The van der Waals surface area contributed by atoms with Crippen LogP contribution in [0.2, 0.25) is 0 Å². The summed E-state index contributed by atoms with van der Waals surface area (Å²) in [5, 5.41) is 5.79. The highest BCUT2D eigenvalue weighted by molar-refractivity contribution is 6.02. The number of rotatable bonds is 10. The third-order valence-electron chi connectivity index (χ3n) is 4.29. The third-order valence-corrected chi connectivity index (χ3v) is 4.29. The molecular weight excluding hydrogens is 455 g/mol. The van der Waals surface area contributed by atoms with Crippen molar-refractivity contribution in [2.45, 2.75) is 33.9 Å². The standard InChI is InChI=1S/C23H26F3N3O5/c1-5-32-18-12-16(13-19(33-6-2)20(18)34-7-3)21(30)29-28-14(4)15-9-8-10-17(11-15)27-22(31)23(24,25)26/h8-13H,5-7H2,1-4H3,(H,27,31)(H,29,30)/b28-14-. The molecular formula is C23H26F3N3O5. The van der Waals surface area contributed by atoms with Gasteiger partial charge in [0.2, 0.25) is 5.75 Å². The smallest absolute Gasteiger partial charge is 0.471 e. The molecule has 8 nitrogen and oxygen atoms in total. The van der Waals surface area contributed by atoms with E-state index in [0.717, 1.165) is 0 Å². The maximum Gasteiger partial charge on any atom is 0.471 e. The van der Waals surface area contributed by atoms with Gasteiger partial charge in [-0.05, 0) is 57.5 Å². The van der Waals surface area contributed by atoms with E-state index < -0.39 is 18.0 Å². The first-order chi connectivity index (χ1) is 16.1. The van der Waals surface area contributed by atoms with Crippen molar-refractivity contribution in [1.29, 1.82) is 0 Å². The summed E-state index contributed by atoms with van der Waals surface area (Å²) < 4.78 is 54.2.